The number of hydrogen-bond acceptors (Lipinski definition) is 4. The van der Waals surface area contributed by atoms with Crippen molar-refractivity contribution in [1.82, 2.24) is 20.1 Å². The van der Waals surface area contributed by atoms with Crippen molar-refractivity contribution in [2.45, 2.75) is 31.7 Å². The number of carbonyl (C=O) groups is 1. The molecule has 1 aliphatic heterocycles. The van der Waals surface area contributed by atoms with E-state index in [1.807, 2.05) is 24.5 Å². The summed E-state index contributed by atoms with van der Waals surface area (Å²) >= 11 is 0. The van der Waals surface area contributed by atoms with Crippen molar-refractivity contribution in [3.63, 3.8) is 0 Å². The molecule has 2 rings (SSSR count). The van der Waals surface area contributed by atoms with E-state index in [0.717, 1.165) is 39.0 Å². The lowest BCUT2D eigenvalue weighted by Crippen LogP contribution is -2.37. The van der Waals surface area contributed by atoms with Crippen LogP contribution in [0.15, 0.2) is 24.5 Å². The Morgan fingerprint density at radius 2 is 2.23 bits per heavy atom. The Labute approximate surface area is 133 Å². The number of aromatic nitrogens is 1. The summed E-state index contributed by atoms with van der Waals surface area (Å²) in [7, 11) is 4.28. The van der Waals surface area contributed by atoms with Crippen molar-refractivity contribution >= 4 is 5.91 Å². The van der Waals surface area contributed by atoms with Gasteiger partial charge in [0, 0.05) is 44.5 Å². The van der Waals surface area contributed by atoms with Crippen LogP contribution < -0.4 is 5.32 Å². The number of likely N-dealkylation sites (tertiary alicyclic amines) is 1. The molecule has 1 aliphatic rings. The first kappa shape index (κ1) is 16.9. The molecule has 1 amide bonds. The number of carbonyl (C=O) groups excluding carboxylic acids is 1. The van der Waals surface area contributed by atoms with Gasteiger partial charge in [-0.25, -0.2) is 0 Å². The van der Waals surface area contributed by atoms with Gasteiger partial charge in [-0.05, 0) is 57.6 Å². The maximum atomic E-state index is 11.9. The molecule has 5 heteroatoms. The Kier molecular flexibility index (Phi) is 6.80. The SMILES string of the molecule is CN1CCC(N(C)CCC(=O)NCCCc2ccncc2)C1. The molecular weight excluding hydrogens is 276 g/mol. The fraction of sp³-hybridized carbons (Fsp3) is 0.647. The summed E-state index contributed by atoms with van der Waals surface area (Å²) in [5.41, 5.74) is 1.27. The van der Waals surface area contributed by atoms with Crippen molar-refractivity contribution in [3.05, 3.63) is 30.1 Å². The first-order chi connectivity index (χ1) is 10.6. The topological polar surface area (TPSA) is 48.5 Å². The summed E-state index contributed by atoms with van der Waals surface area (Å²) in [5.74, 6) is 0.160. The molecule has 22 heavy (non-hydrogen) atoms. The maximum absolute atomic E-state index is 11.9. The fourth-order valence-electron chi connectivity index (χ4n) is 2.89. The predicted octanol–water partition coefficient (Wildman–Crippen LogP) is 1.16. The van der Waals surface area contributed by atoms with Gasteiger partial charge in [-0.1, -0.05) is 0 Å². The smallest absolute Gasteiger partial charge is 0.221 e. The Bertz CT molecular complexity index is 451. The highest BCUT2D eigenvalue weighted by Gasteiger charge is 2.23. The second-order valence-corrected chi connectivity index (χ2v) is 6.24. The molecule has 122 valence electrons. The molecule has 1 aromatic rings. The highest BCUT2D eigenvalue weighted by Crippen LogP contribution is 2.12. The summed E-state index contributed by atoms with van der Waals surface area (Å²) in [6.45, 7) is 3.87. The number of likely N-dealkylation sites (N-methyl/N-ethyl adjacent to an activating group) is 2. The first-order valence-electron chi connectivity index (χ1n) is 8.19. The second-order valence-electron chi connectivity index (χ2n) is 6.24. The molecule has 0 bridgehead atoms. The number of amides is 1. The Hall–Kier alpha value is -1.46. The van der Waals surface area contributed by atoms with Gasteiger partial charge in [0.2, 0.25) is 5.91 Å². The van der Waals surface area contributed by atoms with Crippen molar-refractivity contribution in [3.8, 4) is 0 Å². The van der Waals surface area contributed by atoms with E-state index in [1.165, 1.54) is 12.0 Å². The monoisotopic (exact) mass is 304 g/mol. The molecule has 2 heterocycles. The quantitative estimate of drug-likeness (QED) is 0.732. The number of nitrogens with zero attached hydrogens (tertiary/aromatic N) is 3. The Morgan fingerprint density at radius 3 is 2.91 bits per heavy atom. The molecule has 1 unspecified atom stereocenters. The van der Waals surface area contributed by atoms with Crippen LogP contribution in [0.1, 0.15) is 24.8 Å². The summed E-state index contributed by atoms with van der Waals surface area (Å²) in [5, 5.41) is 3.02. The van der Waals surface area contributed by atoms with Gasteiger partial charge in [-0.15, -0.1) is 0 Å². The van der Waals surface area contributed by atoms with E-state index in [4.69, 9.17) is 0 Å². The third kappa shape index (κ3) is 5.73. The van der Waals surface area contributed by atoms with Gasteiger partial charge < -0.3 is 15.1 Å². The minimum absolute atomic E-state index is 0.160. The molecule has 0 aliphatic carbocycles. The maximum Gasteiger partial charge on any atom is 0.221 e. The molecule has 0 radical (unpaired) electrons. The van der Waals surface area contributed by atoms with E-state index in [-0.39, 0.29) is 5.91 Å². The van der Waals surface area contributed by atoms with Crippen LogP contribution in [-0.4, -0.2) is 67.0 Å². The lowest BCUT2D eigenvalue weighted by molar-refractivity contribution is -0.121. The van der Waals surface area contributed by atoms with Gasteiger partial charge in [0.25, 0.3) is 0 Å². The molecule has 1 saturated heterocycles. The van der Waals surface area contributed by atoms with E-state index < -0.39 is 0 Å². The van der Waals surface area contributed by atoms with Gasteiger partial charge in [-0.2, -0.15) is 0 Å². The number of rotatable bonds is 8. The second kappa shape index (κ2) is 8.86. The number of nitrogens with one attached hydrogen (secondary N) is 1. The first-order valence-corrected chi connectivity index (χ1v) is 8.19. The average molecular weight is 304 g/mol. The molecule has 0 aromatic carbocycles. The zero-order valence-corrected chi connectivity index (χ0v) is 13.8. The van der Waals surface area contributed by atoms with Gasteiger partial charge in [0.1, 0.15) is 0 Å². The molecule has 0 spiro atoms. The standard InChI is InChI=1S/C17H28N4O/c1-20-12-7-16(14-20)21(2)13-8-17(22)19-9-3-4-15-5-10-18-11-6-15/h5-6,10-11,16H,3-4,7-9,12-14H2,1-2H3,(H,19,22). The minimum atomic E-state index is 0.160. The van der Waals surface area contributed by atoms with Crippen LogP contribution in [0, 0.1) is 0 Å². The molecule has 0 saturated carbocycles. The zero-order chi connectivity index (χ0) is 15.8. The van der Waals surface area contributed by atoms with Gasteiger partial charge in [-0.3, -0.25) is 9.78 Å². The highest BCUT2D eigenvalue weighted by atomic mass is 16.1. The Morgan fingerprint density at radius 1 is 1.45 bits per heavy atom. The zero-order valence-electron chi connectivity index (χ0n) is 13.8. The summed E-state index contributed by atoms with van der Waals surface area (Å²) in [6.07, 6.45) is 7.37. The largest absolute Gasteiger partial charge is 0.356 e. The fourth-order valence-corrected chi connectivity index (χ4v) is 2.89. The van der Waals surface area contributed by atoms with E-state index >= 15 is 0 Å². The lowest BCUT2D eigenvalue weighted by atomic mass is 10.1. The third-order valence-electron chi connectivity index (χ3n) is 4.40. The summed E-state index contributed by atoms with van der Waals surface area (Å²) in [4.78, 5) is 20.5. The number of pyridine rings is 1. The molecule has 1 aromatic heterocycles. The average Bonchev–Trinajstić information content (AvgIpc) is 2.97. The minimum Gasteiger partial charge on any atom is -0.356 e. The summed E-state index contributed by atoms with van der Waals surface area (Å²) < 4.78 is 0. The molecule has 1 N–H and O–H groups in total. The summed E-state index contributed by atoms with van der Waals surface area (Å²) in [6, 6.07) is 4.65. The van der Waals surface area contributed by atoms with Crippen LogP contribution in [0.4, 0.5) is 0 Å². The highest BCUT2D eigenvalue weighted by molar-refractivity contribution is 5.76. The molecular formula is C17H28N4O. The van der Waals surface area contributed by atoms with E-state index in [1.54, 1.807) is 0 Å². The van der Waals surface area contributed by atoms with E-state index in [0.29, 0.717) is 12.5 Å². The van der Waals surface area contributed by atoms with Crippen LogP contribution in [0.5, 0.6) is 0 Å². The third-order valence-corrected chi connectivity index (χ3v) is 4.40. The van der Waals surface area contributed by atoms with Crippen molar-refractivity contribution in [1.29, 1.82) is 0 Å². The lowest BCUT2D eigenvalue weighted by Gasteiger charge is -2.23. The molecule has 1 fully saturated rings. The Balaban J connectivity index is 1.54. The van der Waals surface area contributed by atoms with E-state index in [2.05, 4.69) is 34.2 Å². The van der Waals surface area contributed by atoms with Crippen LogP contribution in [-0.2, 0) is 11.2 Å². The van der Waals surface area contributed by atoms with Crippen LogP contribution in [0.2, 0.25) is 0 Å². The van der Waals surface area contributed by atoms with Gasteiger partial charge in [0.15, 0.2) is 0 Å². The van der Waals surface area contributed by atoms with Crippen molar-refractivity contribution in [2.24, 2.45) is 0 Å². The van der Waals surface area contributed by atoms with Crippen LogP contribution >= 0.6 is 0 Å². The van der Waals surface area contributed by atoms with Crippen LogP contribution in [0.3, 0.4) is 0 Å². The van der Waals surface area contributed by atoms with Crippen LogP contribution in [0.25, 0.3) is 0 Å². The predicted molar refractivity (Wildman–Crippen MR) is 88.7 cm³/mol. The number of aryl methyl sites for hydroxylation is 1. The normalized spacial score (nSPS) is 18.8. The molecule has 5 nitrogen and oxygen atoms in total. The van der Waals surface area contributed by atoms with E-state index in [9.17, 15) is 4.79 Å². The van der Waals surface area contributed by atoms with Crippen molar-refractivity contribution < 1.29 is 4.79 Å². The van der Waals surface area contributed by atoms with Gasteiger partial charge >= 0.3 is 0 Å². The van der Waals surface area contributed by atoms with Crippen molar-refractivity contribution in [2.75, 3.05) is 40.3 Å². The van der Waals surface area contributed by atoms with Gasteiger partial charge in [0.05, 0.1) is 0 Å². The molecule has 1 atom stereocenters. The number of hydrogen-bond donors (Lipinski definition) is 1.